The van der Waals surface area contributed by atoms with Gasteiger partial charge in [-0.1, -0.05) is 24.4 Å². The van der Waals surface area contributed by atoms with Crippen molar-refractivity contribution >= 4 is 23.3 Å². The maximum Gasteiger partial charge on any atom is 0.263 e. The van der Waals surface area contributed by atoms with Gasteiger partial charge in [0.1, 0.15) is 17.6 Å². The van der Waals surface area contributed by atoms with Crippen molar-refractivity contribution in [3.8, 4) is 17.9 Å². The summed E-state index contributed by atoms with van der Waals surface area (Å²) in [6, 6.07) is 9.13. The fourth-order valence-corrected chi connectivity index (χ4v) is 3.94. The van der Waals surface area contributed by atoms with E-state index in [0.717, 1.165) is 36.9 Å². The van der Waals surface area contributed by atoms with Gasteiger partial charge in [-0.3, -0.25) is 4.79 Å². The number of nitrogens with zero attached hydrogens (tertiary/aromatic N) is 3. The van der Waals surface area contributed by atoms with Crippen LogP contribution in [-0.2, 0) is 4.79 Å². The van der Waals surface area contributed by atoms with Crippen molar-refractivity contribution < 1.29 is 9.53 Å². The molecule has 2 aromatic rings. The van der Waals surface area contributed by atoms with Crippen molar-refractivity contribution in [1.82, 2.24) is 4.57 Å². The zero-order valence-corrected chi connectivity index (χ0v) is 16.6. The second kappa shape index (κ2) is 8.37. The number of nitriles is 2. The van der Waals surface area contributed by atoms with E-state index in [1.54, 1.807) is 12.1 Å². The molecule has 1 fully saturated rings. The molecule has 1 aromatic carbocycles. The third-order valence-corrected chi connectivity index (χ3v) is 5.53. The molecule has 0 radical (unpaired) electrons. The van der Waals surface area contributed by atoms with Crippen LogP contribution in [0.2, 0.25) is 5.02 Å². The number of carbonyl (C=O) groups excluding carboxylic acids is 1. The van der Waals surface area contributed by atoms with Gasteiger partial charge in [0.05, 0.1) is 22.2 Å². The number of hydrogen-bond acceptors (Lipinski definition) is 4. The molecule has 0 atom stereocenters. The molecule has 6 nitrogen and oxygen atoms in total. The smallest absolute Gasteiger partial charge is 0.263 e. The lowest BCUT2D eigenvalue weighted by Gasteiger charge is -2.19. The second-order valence-corrected chi connectivity index (χ2v) is 7.36. The summed E-state index contributed by atoms with van der Waals surface area (Å²) >= 11 is 6.08. The van der Waals surface area contributed by atoms with Crippen molar-refractivity contribution in [3.63, 3.8) is 0 Å². The van der Waals surface area contributed by atoms with Gasteiger partial charge < -0.3 is 14.6 Å². The van der Waals surface area contributed by atoms with E-state index in [9.17, 15) is 10.1 Å². The highest BCUT2D eigenvalue weighted by molar-refractivity contribution is 6.32. The molecule has 7 heteroatoms. The highest BCUT2D eigenvalue weighted by Crippen LogP contribution is 2.37. The molecular formula is C21H21ClN4O2. The highest BCUT2D eigenvalue weighted by Gasteiger charge is 2.26. The van der Waals surface area contributed by atoms with Crippen LogP contribution < -0.4 is 10.1 Å². The zero-order chi connectivity index (χ0) is 20.3. The van der Waals surface area contributed by atoms with Gasteiger partial charge in [-0.05, 0) is 50.5 Å². The lowest BCUT2D eigenvalue weighted by atomic mass is 10.2. The van der Waals surface area contributed by atoms with Gasteiger partial charge in [-0.15, -0.1) is 0 Å². The number of hydrogen-bond donors (Lipinski definition) is 1. The Morgan fingerprint density at radius 3 is 2.61 bits per heavy atom. The number of rotatable bonds is 5. The van der Waals surface area contributed by atoms with Crippen molar-refractivity contribution in [2.45, 2.75) is 45.6 Å². The van der Waals surface area contributed by atoms with Crippen molar-refractivity contribution in [3.05, 3.63) is 45.6 Å². The number of ether oxygens (including phenoxy) is 1. The molecule has 0 unspecified atom stereocenters. The molecule has 0 bridgehead atoms. The first-order valence-corrected chi connectivity index (χ1v) is 9.57. The molecule has 0 saturated heterocycles. The van der Waals surface area contributed by atoms with Crippen molar-refractivity contribution in [1.29, 1.82) is 10.5 Å². The molecule has 1 aromatic heterocycles. The van der Waals surface area contributed by atoms with Crippen LogP contribution in [0.3, 0.4) is 0 Å². The van der Waals surface area contributed by atoms with Crippen LogP contribution in [0.1, 0.15) is 54.1 Å². The average molecular weight is 397 g/mol. The van der Waals surface area contributed by atoms with Gasteiger partial charge in [-0.25, -0.2) is 0 Å². The summed E-state index contributed by atoms with van der Waals surface area (Å²) in [5, 5.41) is 21.6. The summed E-state index contributed by atoms with van der Waals surface area (Å²) in [7, 11) is 0. The summed E-state index contributed by atoms with van der Waals surface area (Å²) in [6.07, 6.45) is 4.38. The Labute approximate surface area is 169 Å². The van der Waals surface area contributed by atoms with Gasteiger partial charge in [0.25, 0.3) is 5.91 Å². The summed E-state index contributed by atoms with van der Waals surface area (Å²) in [6.45, 7) is 3.64. The summed E-state index contributed by atoms with van der Waals surface area (Å²) in [5.41, 5.74) is 2.81. The molecular weight excluding hydrogens is 376 g/mol. The van der Waals surface area contributed by atoms with Crippen LogP contribution in [0.5, 0.6) is 5.75 Å². The van der Waals surface area contributed by atoms with Gasteiger partial charge in [0, 0.05) is 11.7 Å². The molecule has 1 aliphatic carbocycles. The minimum Gasteiger partial charge on any atom is -0.482 e. The summed E-state index contributed by atoms with van der Waals surface area (Å²) < 4.78 is 7.59. The summed E-state index contributed by atoms with van der Waals surface area (Å²) in [4.78, 5) is 12.5. The number of anilines is 1. The van der Waals surface area contributed by atoms with E-state index >= 15 is 0 Å². The normalized spacial score (nSPS) is 13.8. The molecule has 1 heterocycles. The highest BCUT2D eigenvalue weighted by atomic mass is 35.5. The molecule has 1 saturated carbocycles. The average Bonchev–Trinajstić information content (AvgIpc) is 3.28. The van der Waals surface area contributed by atoms with Crippen molar-refractivity contribution in [2.24, 2.45) is 0 Å². The van der Waals surface area contributed by atoms with Crippen LogP contribution >= 0.6 is 11.6 Å². The Hall–Kier alpha value is -2.96. The van der Waals surface area contributed by atoms with Crippen LogP contribution in [-0.4, -0.2) is 17.1 Å². The van der Waals surface area contributed by atoms with Crippen molar-refractivity contribution in [2.75, 3.05) is 11.9 Å². The molecule has 1 aliphatic rings. The Kier molecular flexibility index (Phi) is 5.92. The number of amides is 1. The lowest BCUT2D eigenvalue weighted by Crippen LogP contribution is -2.23. The molecule has 0 spiro atoms. The molecule has 0 aliphatic heterocycles. The minimum atomic E-state index is -0.367. The SMILES string of the molecule is Cc1c(C#N)c(NC(=O)COc2ccc(C#N)cc2Cl)n(C2CCCC2)c1C. The Morgan fingerprint density at radius 2 is 2.00 bits per heavy atom. The van der Waals surface area contributed by atoms with Crippen LogP contribution in [0.15, 0.2) is 18.2 Å². The maximum absolute atomic E-state index is 12.5. The quantitative estimate of drug-likeness (QED) is 0.797. The van der Waals surface area contributed by atoms with Gasteiger partial charge in [0.15, 0.2) is 6.61 Å². The van der Waals surface area contributed by atoms with Crippen LogP contribution in [0.25, 0.3) is 0 Å². The number of nitrogens with one attached hydrogen (secondary N) is 1. The molecule has 144 valence electrons. The zero-order valence-electron chi connectivity index (χ0n) is 15.9. The second-order valence-electron chi connectivity index (χ2n) is 6.95. The number of aromatic nitrogens is 1. The van der Waals surface area contributed by atoms with E-state index < -0.39 is 0 Å². The fourth-order valence-electron chi connectivity index (χ4n) is 3.70. The predicted molar refractivity (Wildman–Crippen MR) is 106 cm³/mol. The molecule has 28 heavy (non-hydrogen) atoms. The molecule has 1 N–H and O–H groups in total. The Bertz CT molecular complexity index is 991. The molecule has 1 amide bonds. The number of carbonyl (C=O) groups is 1. The van der Waals surface area contributed by atoms with E-state index in [1.807, 2.05) is 19.9 Å². The van der Waals surface area contributed by atoms with Gasteiger partial charge in [-0.2, -0.15) is 10.5 Å². The third-order valence-electron chi connectivity index (χ3n) is 5.24. The first-order valence-electron chi connectivity index (χ1n) is 9.20. The van der Waals surface area contributed by atoms with E-state index in [1.165, 1.54) is 6.07 Å². The fraction of sp³-hybridized carbons (Fsp3) is 0.381. The monoisotopic (exact) mass is 396 g/mol. The van der Waals surface area contributed by atoms with E-state index in [0.29, 0.717) is 28.7 Å². The van der Waals surface area contributed by atoms with Gasteiger partial charge >= 0.3 is 0 Å². The first-order chi connectivity index (χ1) is 13.5. The van der Waals surface area contributed by atoms with E-state index in [2.05, 4.69) is 16.0 Å². The van der Waals surface area contributed by atoms with Gasteiger partial charge in [0.2, 0.25) is 0 Å². The topological polar surface area (TPSA) is 90.8 Å². The Morgan fingerprint density at radius 1 is 1.29 bits per heavy atom. The third kappa shape index (κ3) is 3.83. The number of halogens is 1. The van der Waals surface area contributed by atoms with Crippen LogP contribution in [0.4, 0.5) is 5.82 Å². The lowest BCUT2D eigenvalue weighted by molar-refractivity contribution is -0.118. The van der Waals surface area contributed by atoms with E-state index in [4.69, 9.17) is 21.6 Å². The maximum atomic E-state index is 12.5. The minimum absolute atomic E-state index is 0.246. The number of benzene rings is 1. The Balaban J connectivity index is 1.78. The predicted octanol–water partition coefficient (Wildman–Crippen LogP) is 4.63. The summed E-state index contributed by atoms with van der Waals surface area (Å²) in [5.74, 6) is 0.507. The molecule has 3 rings (SSSR count). The first kappa shape index (κ1) is 19.8. The van der Waals surface area contributed by atoms with E-state index in [-0.39, 0.29) is 17.5 Å². The van der Waals surface area contributed by atoms with Crippen LogP contribution in [0, 0.1) is 36.5 Å². The standard InChI is InChI=1S/C21H21ClN4O2/c1-13-14(2)26(16-5-3-4-6-16)21(17(13)11-24)25-20(27)12-28-19-8-7-15(10-23)9-18(19)22/h7-9,16H,3-6,12H2,1-2H3,(H,25,27). The largest absolute Gasteiger partial charge is 0.482 e.